The van der Waals surface area contributed by atoms with Gasteiger partial charge in [0.15, 0.2) is 0 Å². The molecule has 1 saturated heterocycles. The van der Waals surface area contributed by atoms with Crippen molar-refractivity contribution in [3.63, 3.8) is 0 Å². The van der Waals surface area contributed by atoms with E-state index in [4.69, 9.17) is 11.6 Å². The molecule has 1 heterocycles. The molecule has 1 aromatic rings. The summed E-state index contributed by atoms with van der Waals surface area (Å²) in [6, 6.07) is 7.86. The Morgan fingerprint density at radius 1 is 1.04 bits per heavy atom. The van der Waals surface area contributed by atoms with Gasteiger partial charge in [-0.2, -0.15) is 0 Å². The highest BCUT2D eigenvalue weighted by molar-refractivity contribution is 6.30. The van der Waals surface area contributed by atoms with E-state index in [0.717, 1.165) is 37.5 Å². The summed E-state index contributed by atoms with van der Waals surface area (Å²) in [5.41, 5.74) is 1.17. The molecule has 6 heteroatoms. The Bertz CT molecular complexity index is 758. The normalized spacial score (nSPS) is 30.5. The number of allylic oxidation sites excluding steroid dienone is 2. The molecule has 4 atom stereocenters. The molecule has 2 fully saturated rings. The van der Waals surface area contributed by atoms with Crippen LogP contribution in [-0.2, 0) is 16.1 Å². The van der Waals surface area contributed by atoms with Crippen LogP contribution in [0.1, 0.15) is 18.4 Å². The van der Waals surface area contributed by atoms with E-state index >= 15 is 0 Å². The number of hydrogen-bond donors (Lipinski definition) is 1. The van der Waals surface area contributed by atoms with Crippen LogP contribution >= 0.6 is 11.6 Å². The van der Waals surface area contributed by atoms with Gasteiger partial charge in [0.2, 0.25) is 5.91 Å². The number of aliphatic carboxylic acids is 1. The van der Waals surface area contributed by atoms with Gasteiger partial charge < -0.3 is 10.0 Å². The summed E-state index contributed by atoms with van der Waals surface area (Å²) in [7, 11) is 0. The Balaban J connectivity index is 1.38. The van der Waals surface area contributed by atoms with Gasteiger partial charge in [0.25, 0.3) is 0 Å². The maximum Gasteiger partial charge on any atom is 0.307 e. The Labute approximate surface area is 164 Å². The first-order chi connectivity index (χ1) is 13.0. The molecule has 1 aliphatic heterocycles. The number of nitrogens with zero attached hydrogens (tertiary/aromatic N) is 2. The van der Waals surface area contributed by atoms with Gasteiger partial charge in [0.1, 0.15) is 0 Å². The molecule has 3 aliphatic carbocycles. The van der Waals surface area contributed by atoms with Crippen LogP contribution in [-0.4, -0.2) is 53.0 Å². The van der Waals surface area contributed by atoms with E-state index in [1.807, 2.05) is 29.2 Å². The minimum Gasteiger partial charge on any atom is -0.481 e. The fourth-order valence-corrected chi connectivity index (χ4v) is 5.11. The molecule has 1 saturated carbocycles. The van der Waals surface area contributed by atoms with Crippen LogP contribution in [0, 0.1) is 23.7 Å². The van der Waals surface area contributed by atoms with Crippen LogP contribution in [0.25, 0.3) is 0 Å². The summed E-state index contributed by atoms with van der Waals surface area (Å²) in [6.45, 7) is 3.73. The Kier molecular flexibility index (Phi) is 5.24. The lowest BCUT2D eigenvalue weighted by Gasteiger charge is -2.45. The van der Waals surface area contributed by atoms with Gasteiger partial charge in [-0.05, 0) is 42.4 Å². The number of fused-ring (bicyclic) bond motifs is 2. The Morgan fingerprint density at radius 2 is 1.70 bits per heavy atom. The molecule has 5 rings (SSSR count). The monoisotopic (exact) mass is 388 g/mol. The lowest BCUT2D eigenvalue weighted by atomic mass is 9.62. The van der Waals surface area contributed by atoms with Gasteiger partial charge in [-0.1, -0.05) is 35.9 Å². The van der Waals surface area contributed by atoms with Crippen LogP contribution in [0.15, 0.2) is 36.4 Å². The SMILES string of the molecule is O=C(O)[C@@H]1[C@H](C(=O)N2CCN(Cc3cccc(Cl)c3)CC2)[C@@H]2C=C[C@H]1CC2. The van der Waals surface area contributed by atoms with Gasteiger partial charge in [0.05, 0.1) is 11.8 Å². The van der Waals surface area contributed by atoms with Crippen LogP contribution in [0.3, 0.4) is 0 Å². The second kappa shape index (κ2) is 7.64. The second-order valence-corrected chi connectivity index (χ2v) is 8.35. The summed E-state index contributed by atoms with van der Waals surface area (Å²) in [4.78, 5) is 29.2. The maximum absolute atomic E-state index is 13.2. The summed E-state index contributed by atoms with van der Waals surface area (Å²) in [5, 5.41) is 10.4. The number of carbonyl (C=O) groups is 2. The quantitative estimate of drug-likeness (QED) is 0.806. The second-order valence-electron chi connectivity index (χ2n) is 7.91. The molecule has 2 bridgehead atoms. The van der Waals surface area contributed by atoms with Crippen molar-refractivity contribution in [1.29, 1.82) is 0 Å². The molecule has 1 aromatic carbocycles. The molecule has 0 spiro atoms. The number of rotatable bonds is 4. The Morgan fingerprint density at radius 3 is 2.30 bits per heavy atom. The molecule has 4 aliphatic rings. The third-order valence-corrected chi connectivity index (χ3v) is 6.53. The third kappa shape index (κ3) is 3.76. The molecule has 1 N–H and O–H groups in total. The van der Waals surface area contributed by atoms with Crippen LogP contribution < -0.4 is 0 Å². The standard InChI is InChI=1S/C21H25ClN2O3/c22-17-3-1-2-14(12-17)13-23-8-10-24(11-9-23)20(25)18-15-4-6-16(7-5-15)19(18)21(26)27/h1-4,6,12,15-16,18-19H,5,7-11,13H2,(H,26,27)/t15-,16+,18-,19+/m1/s1. The minimum atomic E-state index is -0.827. The highest BCUT2D eigenvalue weighted by atomic mass is 35.5. The molecular weight excluding hydrogens is 364 g/mol. The van der Waals surface area contributed by atoms with Gasteiger partial charge in [-0.25, -0.2) is 0 Å². The highest BCUT2D eigenvalue weighted by Crippen LogP contribution is 2.45. The average molecular weight is 389 g/mol. The molecule has 1 amide bonds. The number of piperazine rings is 1. The molecule has 144 valence electrons. The fourth-order valence-electron chi connectivity index (χ4n) is 4.90. The largest absolute Gasteiger partial charge is 0.481 e. The minimum absolute atomic E-state index is 0.00516. The van der Waals surface area contributed by atoms with Crippen molar-refractivity contribution >= 4 is 23.5 Å². The zero-order chi connectivity index (χ0) is 19.0. The topological polar surface area (TPSA) is 60.9 Å². The summed E-state index contributed by atoms with van der Waals surface area (Å²) >= 11 is 6.06. The van der Waals surface area contributed by atoms with Crippen LogP contribution in [0.5, 0.6) is 0 Å². The number of halogens is 1. The van der Waals surface area contributed by atoms with E-state index < -0.39 is 17.8 Å². The summed E-state index contributed by atoms with van der Waals surface area (Å²) < 4.78 is 0. The van der Waals surface area contributed by atoms with Crippen molar-refractivity contribution in [3.05, 3.63) is 47.0 Å². The first kappa shape index (κ1) is 18.5. The van der Waals surface area contributed by atoms with Gasteiger partial charge in [0, 0.05) is 37.7 Å². The molecule has 27 heavy (non-hydrogen) atoms. The third-order valence-electron chi connectivity index (χ3n) is 6.30. The van der Waals surface area contributed by atoms with Crippen molar-refractivity contribution in [2.24, 2.45) is 23.7 Å². The van der Waals surface area contributed by atoms with E-state index in [1.54, 1.807) is 0 Å². The van der Waals surface area contributed by atoms with Crippen molar-refractivity contribution in [2.75, 3.05) is 26.2 Å². The molecular formula is C21H25ClN2O3. The lowest BCUT2D eigenvalue weighted by Crippen LogP contribution is -2.55. The number of carbonyl (C=O) groups excluding carboxylic acids is 1. The maximum atomic E-state index is 13.2. The number of benzene rings is 1. The Hall–Kier alpha value is -1.85. The van der Waals surface area contributed by atoms with E-state index in [1.165, 1.54) is 5.56 Å². The van der Waals surface area contributed by atoms with E-state index in [2.05, 4.69) is 17.0 Å². The van der Waals surface area contributed by atoms with E-state index in [0.29, 0.717) is 13.1 Å². The van der Waals surface area contributed by atoms with Crippen molar-refractivity contribution in [2.45, 2.75) is 19.4 Å². The molecule has 0 aromatic heterocycles. The first-order valence-corrected chi connectivity index (χ1v) is 10.1. The predicted octanol–water partition coefficient (Wildman–Crippen LogP) is 2.90. The lowest BCUT2D eigenvalue weighted by molar-refractivity contribution is -0.157. The van der Waals surface area contributed by atoms with Gasteiger partial charge in [-0.3, -0.25) is 14.5 Å². The molecule has 0 radical (unpaired) electrons. The van der Waals surface area contributed by atoms with Gasteiger partial charge in [-0.15, -0.1) is 0 Å². The fraction of sp³-hybridized carbons (Fsp3) is 0.524. The highest BCUT2D eigenvalue weighted by Gasteiger charge is 2.49. The summed E-state index contributed by atoms with van der Waals surface area (Å²) in [5.74, 6) is -1.68. The van der Waals surface area contributed by atoms with E-state index in [-0.39, 0.29) is 17.7 Å². The van der Waals surface area contributed by atoms with Crippen molar-refractivity contribution < 1.29 is 14.7 Å². The zero-order valence-corrected chi connectivity index (χ0v) is 16.0. The number of hydrogen-bond acceptors (Lipinski definition) is 3. The zero-order valence-electron chi connectivity index (χ0n) is 15.3. The summed E-state index contributed by atoms with van der Waals surface area (Å²) in [6.07, 6.45) is 5.90. The average Bonchev–Trinajstić information content (AvgIpc) is 2.68. The predicted molar refractivity (Wildman–Crippen MR) is 103 cm³/mol. The molecule has 5 nitrogen and oxygen atoms in total. The number of amides is 1. The first-order valence-electron chi connectivity index (χ1n) is 9.69. The smallest absolute Gasteiger partial charge is 0.307 e. The number of carboxylic acids is 1. The van der Waals surface area contributed by atoms with Crippen molar-refractivity contribution in [3.8, 4) is 0 Å². The molecule has 0 unspecified atom stereocenters. The van der Waals surface area contributed by atoms with Crippen LogP contribution in [0.2, 0.25) is 5.02 Å². The van der Waals surface area contributed by atoms with E-state index in [9.17, 15) is 14.7 Å². The number of carboxylic acid groups (broad SMARTS) is 1. The van der Waals surface area contributed by atoms with Gasteiger partial charge >= 0.3 is 5.97 Å². The van der Waals surface area contributed by atoms with Crippen molar-refractivity contribution in [1.82, 2.24) is 9.80 Å². The van der Waals surface area contributed by atoms with Crippen LogP contribution in [0.4, 0.5) is 0 Å².